The van der Waals surface area contributed by atoms with Crippen molar-refractivity contribution >= 4 is 30.7 Å². The number of likely N-dealkylation sites (tertiary alicyclic amines) is 1. The zero-order valence-electron chi connectivity index (χ0n) is 15.5. The summed E-state index contributed by atoms with van der Waals surface area (Å²) < 4.78 is 5.69. The minimum absolute atomic E-state index is 0. The van der Waals surface area contributed by atoms with Crippen LogP contribution in [0, 0.1) is 0 Å². The van der Waals surface area contributed by atoms with Crippen LogP contribution in [0.2, 0.25) is 0 Å². The molecule has 2 aromatic rings. The standard InChI is InChI=1S/C19H23N5O2.2ClH/c25-19(24-9-4-16(14-24)23-10-7-20-8-11-23)15-2-1-3-17(12-15)26-18-13-21-5-6-22-18;;/h1-3,5-6,12-13,16,20H,4,7-11,14H2;2*1H. The van der Waals surface area contributed by atoms with Gasteiger partial charge in [-0.15, -0.1) is 24.8 Å². The molecule has 0 saturated carbocycles. The fourth-order valence-electron chi connectivity index (χ4n) is 3.61. The molecule has 7 nitrogen and oxygen atoms in total. The summed E-state index contributed by atoms with van der Waals surface area (Å²) in [5, 5.41) is 3.38. The van der Waals surface area contributed by atoms with E-state index >= 15 is 0 Å². The largest absolute Gasteiger partial charge is 0.437 e. The zero-order chi connectivity index (χ0) is 17.8. The van der Waals surface area contributed by atoms with Gasteiger partial charge >= 0.3 is 0 Å². The van der Waals surface area contributed by atoms with Crippen LogP contribution >= 0.6 is 24.8 Å². The van der Waals surface area contributed by atoms with Crippen molar-refractivity contribution < 1.29 is 9.53 Å². The highest BCUT2D eigenvalue weighted by molar-refractivity contribution is 5.94. The van der Waals surface area contributed by atoms with Gasteiger partial charge in [0.05, 0.1) is 6.20 Å². The van der Waals surface area contributed by atoms with E-state index in [9.17, 15) is 4.79 Å². The molecule has 1 aromatic heterocycles. The van der Waals surface area contributed by atoms with Crippen LogP contribution in [0.4, 0.5) is 0 Å². The first-order valence-corrected chi connectivity index (χ1v) is 9.07. The number of nitrogens with one attached hydrogen (secondary N) is 1. The number of piperazine rings is 1. The molecule has 2 saturated heterocycles. The second-order valence-electron chi connectivity index (χ2n) is 6.65. The molecule has 2 aliphatic heterocycles. The number of hydrogen-bond donors (Lipinski definition) is 1. The number of benzene rings is 1. The third-order valence-corrected chi connectivity index (χ3v) is 4.96. The van der Waals surface area contributed by atoms with Crippen molar-refractivity contribution in [1.82, 2.24) is 25.1 Å². The molecule has 0 spiro atoms. The Kier molecular flexibility index (Phi) is 8.44. The number of rotatable bonds is 4. The van der Waals surface area contributed by atoms with Crippen LogP contribution in [0.3, 0.4) is 0 Å². The molecule has 0 bridgehead atoms. The van der Waals surface area contributed by atoms with Crippen molar-refractivity contribution in [1.29, 1.82) is 0 Å². The monoisotopic (exact) mass is 425 g/mol. The molecule has 0 radical (unpaired) electrons. The fraction of sp³-hybridized carbons (Fsp3) is 0.421. The number of amides is 1. The van der Waals surface area contributed by atoms with Crippen molar-refractivity contribution in [2.75, 3.05) is 39.3 Å². The quantitative estimate of drug-likeness (QED) is 0.809. The van der Waals surface area contributed by atoms with Gasteiger partial charge in [0.25, 0.3) is 5.91 Å². The summed E-state index contributed by atoms with van der Waals surface area (Å²) in [5.41, 5.74) is 0.646. The minimum atomic E-state index is 0. The molecule has 28 heavy (non-hydrogen) atoms. The third kappa shape index (κ3) is 5.32. The number of carbonyl (C=O) groups is 1. The van der Waals surface area contributed by atoms with E-state index in [4.69, 9.17) is 4.74 Å². The molecule has 152 valence electrons. The lowest BCUT2D eigenvalue weighted by Gasteiger charge is -2.32. The SMILES string of the molecule is Cl.Cl.O=C(c1cccc(Oc2cnccn2)c1)N1CCC(N2CCNCC2)C1. The highest BCUT2D eigenvalue weighted by atomic mass is 35.5. The molecule has 3 heterocycles. The lowest BCUT2D eigenvalue weighted by atomic mass is 10.2. The lowest BCUT2D eigenvalue weighted by molar-refractivity contribution is 0.0773. The van der Waals surface area contributed by atoms with Crippen molar-refractivity contribution in [3.05, 3.63) is 48.4 Å². The van der Waals surface area contributed by atoms with Crippen molar-refractivity contribution in [2.24, 2.45) is 0 Å². The van der Waals surface area contributed by atoms with Crippen LogP contribution < -0.4 is 10.1 Å². The Labute approximate surface area is 177 Å². The molecular formula is C19H25Cl2N5O2. The van der Waals surface area contributed by atoms with Crippen LogP contribution in [0.5, 0.6) is 11.6 Å². The summed E-state index contributed by atoms with van der Waals surface area (Å²) in [5.74, 6) is 1.07. The van der Waals surface area contributed by atoms with E-state index in [2.05, 4.69) is 20.2 Å². The third-order valence-electron chi connectivity index (χ3n) is 4.96. The molecule has 1 unspecified atom stereocenters. The topological polar surface area (TPSA) is 70.6 Å². The van der Waals surface area contributed by atoms with Gasteiger partial charge in [0.15, 0.2) is 0 Å². The second kappa shape index (κ2) is 10.6. The summed E-state index contributed by atoms with van der Waals surface area (Å²) in [4.78, 5) is 25.4. The Morgan fingerprint density at radius 3 is 2.71 bits per heavy atom. The van der Waals surface area contributed by atoms with E-state index in [1.807, 2.05) is 23.1 Å². The second-order valence-corrected chi connectivity index (χ2v) is 6.65. The van der Waals surface area contributed by atoms with E-state index in [1.54, 1.807) is 24.7 Å². The maximum atomic E-state index is 12.9. The number of halogens is 2. The molecule has 1 aromatic carbocycles. The predicted octanol–water partition coefficient (Wildman–Crippen LogP) is 2.23. The van der Waals surface area contributed by atoms with Crippen LogP contribution in [0.25, 0.3) is 0 Å². The minimum Gasteiger partial charge on any atom is -0.437 e. The van der Waals surface area contributed by atoms with Gasteiger partial charge < -0.3 is 15.0 Å². The number of hydrogen-bond acceptors (Lipinski definition) is 6. The first-order valence-electron chi connectivity index (χ1n) is 9.07. The highest BCUT2D eigenvalue weighted by Gasteiger charge is 2.31. The van der Waals surface area contributed by atoms with Gasteiger partial charge in [-0.25, -0.2) is 4.98 Å². The summed E-state index contributed by atoms with van der Waals surface area (Å²) in [7, 11) is 0. The Morgan fingerprint density at radius 1 is 1.14 bits per heavy atom. The smallest absolute Gasteiger partial charge is 0.254 e. The molecule has 2 fully saturated rings. The normalized spacial score (nSPS) is 19.4. The molecule has 1 atom stereocenters. The van der Waals surface area contributed by atoms with Gasteiger partial charge in [0.1, 0.15) is 5.75 Å². The van der Waals surface area contributed by atoms with Gasteiger partial charge in [-0.3, -0.25) is 14.7 Å². The molecular weight excluding hydrogens is 401 g/mol. The van der Waals surface area contributed by atoms with Gasteiger partial charge in [0, 0.05) is 63.3 Å². The summed E-state index contributed by atoms with van der Waals surface area (Å²) in [6.07, 6.45) is 5.76. The van der Waals surface area contributed by atoms with Gasteiger partial charge in [-0.1, -0.05) is 6.07 Å². The van der Waals surface area contributed by atoms with Crippen molar-refractivity contribution in [2.45, 2.75) is 12.5 Å². The van der Waals surface area contributed by atoms with E-state index in [0.717, 1.165) is 45.7 Å². The van der Waals surface area contributed by atoms with Crippen molar-refractivity contribution in [3.8, 4) is 11.6 Å². The molecule has 1 N–H and O–H groups in total. The van der Waals surface area contributed by atoms with Gasteiger partial charge in [0.2, 0.25) is 5.88 Å². The van der Waals surface area contributed by atoms with E-state index in [1.165, 1.54) is 0 Å². The fourth-order valence-corrected chi connectivity index (χ4v) is 3.61. The lowest BCUT2D eigenvalue weighted by Crippen LogP contribution is -2.49. The van der Waals surface area contributed by atoms with E-state index in [-0.39, 0.29) is 30.7 Å². The number of aromatic nitrogens is 2. The first-order chi connectivity index (χ1) is 12.8. The van der Waals surface area contributed by atoms with Gasteiger partial charge in [-0.05, 0) is 24.6 Å². The Hall–Kier alpha value is -1.93. The average Bonchev–Trinajstić information content (AvgIpc) is 3.19. The first kappa shape index (κ1) is 22.4. The molecule has 0 aliphatic carbocycles. The van der Waals surface area contributed by atoms with Crippen LogP contribution in [-0.4, -0.2) is 71.0 Å². The summed E-state index contributed by atoms with van der Waals surface area (Å²) >= 11 is 0. The summed E-state index contributed by atoms with van der Waals surface area (Å²) in [6.45, 7) is 5.80. The summed E-state index contributed by atoms with van der Waals surface area (Å²) in [6, 6.07) is 7.74. The maximum Gasteiger partial charge on any atom is 0.254 e. The van der Waals surface area contributed by atoms with Crippen LogP contribution in [0.1, 0.15) is 16.8 Å². The van der Waals surface area contributed by atoms with E-state index in [0.29, 0.717) is 23.2 Å². The van der Waals surface area contributed by atoms with Crippen molar-refractivity contribution in [3.63, 3.8) is 0 Å². The molecule has 9 heteroatoms. The molecule has 4 rings (SSSR count). The van der Waals surface area contributed by atoms with E-state index < -0.39 is 0 Å². The average molecular weight is 426 g/mol. The van der Waals surface area contributed by atoms with Crippen LogP contribution in [-0.2, 0) is 0 Å². The number of nitrogens with zero attached hydrogens (tertiary/aromatic N) is 4. The maximum absolute atomic E-state index is 12.9. The Balaban J connectivity index is 0.00000140. The Bertz CT molecular complexity index is 759. The predicted molar refractivity (Wildman–Crippen MR) is 112 cm³/mol. The van der Waals surface area contributed by atoms with Crippen LogP contribution in [0.15, 0.2) is 42.9 Å². The van der Waals surface area contributed by atoms with Gasteiger partial charge in [-0.2, -0.15) is 0 Å². The molecule has 2 aliphatic rings. The number of carbonyl (C=O) groups excluding carboxylic acids is 1. The highest BCUT2D eigenvalue weighted by Crippen LogP contribution is 2.23. The number of ether oxygens (including phenoxy) is 1. The zero-order valence-corrected chi connectivity index (χ0v) is 17.1. The molecule has 1 amide bonds. The Morgan fingerprint density at radius 2 is 1.96 bits per heavy atom.